The van der Waals surface area contributed by atoms with Crippen molar-refractivity contribution < 1.29 is 9.59 Å². The smallest absolute Gasteiger partial charge is 0.305 e. The highest BCUT2D eigenvalue weighted by molar-refractivity contribution is 8.00. The number of amides is 2. The van der Waals surface area contributed by atoms with Gasteiger partial charge < -0.3 is 4.98 Å². The standard InChI is InChI=1S/C30H30N2O3S2/c1-14-5-11-17(12-6-14)32-27(33)22-18-13-19(23(22)28(32)34)24-21(18)20(25-26(36-24)31-29(35)37-25)15-7-9-16(10-8-15)30(2,3)4/h5-12,18-24H,13H2,1-4H3,(H,31,35)/t18-,19-,20-,21-,22+,23-,24+/m0/s1. The topological polar surface area (TPSA) is 70.2 Å². The van der Waals surface area contributed by atoms with E-state index in [1.54, 1.807) is 11.8 Å². The Bertz CT molecular complexity index is 1480. The number of benzene rings is 2. The van der Waals surface area contributed by atoms with Gasteiger partial charge in [0, 0.05) is 16.0 Å². The van der Waals surface area contributed by atoms with Gasteiger partial charge in [0.25, 0.3) is 0 Å². The zero-order valence-electron chi connectivity index (χ0n) is 21.4. The van der Waals surface area contributed by atoms with Crippen molar-refractivity contribution in [3.05, 3.63) is 79.8 Å². The summed E-state index contributed by atoms with van der Waals surface area (Å²) in [5.74, 6) is -0.0397. The summed E-state index contributed by atoms with van der Waals surface area (Å²) in [7, 11) is 0. The molecule has 1 saturated heterocycles. The summed E-state index contributed by atoms with van der Waals surface area (Å²) >= 11 is 3.05. The first kappa shape index (κ1) is 23.5. The molecule has 3 aromatic rings. The van der Waals surface area contributed by atoms with Crippen molar-refractivity contribution in [1.82, 2.24) is 4.98 Å². The number of H-pyrrole nitrogens is 1. The zero-order chi connectivity index (χ0) is 25.8. The molecule has 190 valence electrons. The van der Waals surface area contributed by atoms with Crippen molar-refractivity contribution in [2.45, 2.75) is 55.7 Å². The van der Waals surface area contributed by atoms with Crippen LogP contribution in [0.15, 0.2) is 58.4 Å². The molecule has 1 N–H and O–H groups in total. The predicted octanol–water partition coefficient (Wildman–Crippen LogP) is 5.72. The lowest BCUT2D eigenvalue weighted by atomic mass is 9.68. The van der Waals surface area contributed by atoms with Crippen LogP contribution in [0.4, 0.5) is 5.69 Å². The van der Waals surface area contributed by atoms with E-state index in [-0.39, 0.29) is 62.9 Å². The Morgan fingerprint density at radius 1 is 0.892 bits per heavy atom. The molecule has 4 aliphatic rings. The molecule has 5 nitrogen and oxygen atoms in total. The van der Waals surface area contributed by atoms with Gasteiger partial charge in [0.2, 0.25) is 11.8 Å². The Morgan fingerprint density at radius 3 is 2.19 bits per heavy atom. The number of carbonyl (C=O) groups excluding carboxylic acids is 2. The lowest BCUT2D eigenvalue weighted by Crippen LogP contribution is -2.42. The van der Waals surface area contributed by atoms with Crippen LogP contribution in [0.1, 0.15) is 54.7 Å². The average molecular weight is 531 g/mol. The van der Waals surface area contributed by atoms with Crippen LogP contribution >= 0.6 is 23.1 Å². The molecule has 2 aliphatic heterocycles. The number of hydrogen-bond acceptors (Lipinski definition) is 5. The van der Waals surface area contributed by atoms with E-state index in [0.29, 0.717) is 5.69 Å². The minimum Gasteiger partial charge on any atom is -0.307 e. The first-order chi connectivity index (χ1) is 17.6. The number of aryl methyl sites for hydroxylation is 1. The van der Waals surface area contributed by atoms with Crippen molar-refractivity contribution in [2.75, 3.05) is 4.90 Å². The number of aromatic nitrogens is 1. The van der Waals surface area contributed by atoms with Gasteiger partial charge in [0.1, 0.15) is 0 Å². The van der Waals surface area contributed by atoms with E-state index in [2.05, 4.69) is 50.0 Å². The molecule has 3 heterocycles. The molecule has 2 aromatic carbocycles. The molecule has 37 heavy (non-hydrogen) atoms. The van der Waals surface area contributed by atoms with Crippen molar-refractivity contribution in [2.24, 2.45) is 29.6 Å². The second kappa shape index (κ2) is 7.93. The molecule has 2 amide bonds. The molecule has 7 rings (SSSR count). The quantitative estimate of drug-likeness (QED) is 0.430. The maximum absolute atomic E-state index is 13.8. The number of hydrogen-bond donors (Lipinski definition) is 1. The summed E-state index contributed by atoms with van der Waals surface area (Å²) < 4.78 is 0. The fourth-order valence-electron chi connectivity index (χ4n) is 7.53. The van der Waals surface area contributed by atoms with E-state index in [4.69, 9.17) is 0 Å². The Morgan fingerprint density at radius 2 is 1.54 bits per heavy atom. The Labute approximate surface area is 224 Å². The maximum atomic E-state index is 13.8. The van der Waals surface area contributed by atoms with Crippen LogP contribution in [0.3, 0.4) is 0 Å². The van der Waals surface area contributed by atoms with Crippen molar-refractivity contribution >= 4 is 40.6 Å². The highest BCUT2D eigenvalue weighted by Crippen LogP contribution is 2.68. The van der Waals surface area contributed by atoms with Gasteiger partial charge in [-0.25, -0.2) is 0 Å². The molecule has 0 spiro atoms. The molecule has 1 aromatic heterocycles. The summed E-state index contributed by atoms with van der Waals surface area (Å²) in [5.41, 5.74) is 4.33. The molecule has 2 bridgehead atoms. The molecule has 0 radical (unpaired) electrons. The van der Waals surface area contributed by atoms with E-state index < -0.39 is 0 Å². The first-order valence-electron chi connectivity index (χ1n) is 13.1. The van der Waals surface area contributed by atoms with Gasteiger partial charge in [0.15, 0.2) is 0 Å². The minimum atomic E-state index is -0.269. The van der Waals surface area contributed by atoms with Gasteiger partial charge in [0.05, 0.1) is 22.5 Å². The third-order valence-electron chi connectivity index (χ3n) is 9.15. The largest absolute Gasteiger partial charge is 0.307 e. The van der Waals surface area contributed by atoms with E-state index in [0.717, 1.165) is 21.9 Å². The normalized spacial score (nSPS) is 32.0. The van der Waals surface area contributed by atoms with Crippen LogP contribution in [0.25, 0.3) is 0 Å². The zero-order valence-corrected chi connectivity index (χ0v) is 23.0. The molecular weight excluding hydrogens is 500 g/mol. The van der Waals surface area contributed by atoms with Gasteiger partial charge in [-0.3, -0.25) is 19.3 Å². The highest BCUT2D eigenvalue weighted by Gasteiger charge is 2.69. The molecule has 0 unspecified atom stereocenters. The van der Waals surface area contributed by atoms with Crippen LogP contribution in [0.2, 0.25) is 0 Å². The lowest BCUT2D eigenvalue weighted by Gasteiger charge is -2.43. The number of carbonyl (C=O) groups is 2. The number of rotatable bonds is 2. The molecule has 2 saturated carbocycles. The molecule has 3 fully saturated rings. The van der Waals surface area contributed by atoms with Gasteiger partial charge in [-0.15, -0.1) is 11.8 Å². The number of aromatic amines is 1. The van der Waals surface area contributed by atoms with Crippen molar-refractivity contribution in [3.8, 4) is 0 Å². The fourth-order valence-corrected chi connectivity index (χ4v) is 10.4. The molecule has 2 aliphatic carbocycles. The number of anilines is 1. The minimum absolute atomic E-state index is 0.0287. The van der Waals surface area contributed by atoms with E-state index >= 15 is 0 Å². The fraction of sp³-hybridized carbons (Fsp3) is 0.433. The van der Waals surface area contributed by atoms with Gasteiger partial charge >= 0.3 is 4.87 Å². The highest BCUT2D eigenvalue weighted by atomic mass is 32.2. The third kappa shape index (κ3) is 3.32. The Kier molecular flexibility index (Phi) is 5.03. The molecule has 7 atom stereocenters. The molecular formula is C30H30N2O3S2. The number of fused-ring (bicyclic) bond motifs is 9. The van der Waals surface area contributed by atoms with Crippen LogP contribution in [0.5, 0.6) is 0 Å². The summed E-state index contributed by atoms with van der Waals surface area (Å²) in [4.78, 5) is 45.6. The first-order valence-corrected chi connectivity index (χ1v) is 14.8. The number of imide groups is 1. The summed E-state index contributed by atoms with van der Waals surface area (Å²) in [6, 6.07) is 16.5. The summed E-state index contributed by atoms with van der Waals surface area (Å²) in [5, 5.41) is 1.17. The monoisotopic (exact) mass is 530 g/mol. The predicted molar refractivity (Wildman–Crippen MR) is 147 cm³/mol. The summed E-state index contributed by atoms with van der Waals surface area (Å²) in [6.45, 7) is 8.64. The lowest BCUT2D eigenvalue weighted by molar-refractivity contribution is -0.123. The number of nitrogens with zero attached hydrogens (tertiary/aromatic N) is 1. The number of thioether (sulfide) groups is 1. The SMILES string of the molecule is Cc1ccc(N2C(=O)[C@@H]3[C@H]4C[C@H]([C@H]5Sc6[nH]c(=O)sc6[C@@H](c6ccc(C(C)(C)C)cc6)[C@H]45)[C@@H]3C2=O)cc1. The Balaban J connectivity index is 1.30. The average Bonchev–Trinajstić information content (AvgIpc) is 3.58. The van der Waals surface area contributed by atoms with E-state index in [9.17, 15) is 14.4 Å². The van der Waals surface area contributed by atoms with Gasteiger partial charge in [-0.2, -0.15) is 0 Å². The number of nitrogens with one attached hydrogen (secondary N) is 1. The number of thiazole rings is 1. The van der Waals surface area contributed by atoms with Gasteiger partial charge in [-0.1, -0.05) is 74.1 Å². The third-order valence-corrected chi connectivity index (χ3v) is 11.7. The van der Waals surface area contributed by atoms with Crippen LogP contribution in [0, 0.1) is 36.5 Å². The van der Waals surface area contributed by atoms with E-state index in [1.807, 2.05) is 31.2 Å². The van der Waals surface area contributed by atoms with Crippen molar-refractivity contribution in [3.63, 3.8) is 0 Å². The van der Waals surface area contributed by atoms with Crippen molar-refractivity contribution in [1.29, 1.82) is 0 Å². The van der Waals surface area contributed by atoms with Crippen LogP contribution in [-0.2, 0) is 15.0 Å². The summed E-state index contributed by atoms with van der Waals surface area (Å²) in [6.07, 6.45) is 0.909. The second-order valence-corrected chi connectivity index (χ2v) is 14.4. The van der Waals surface area contributed by atoms with Crippen LogP contribution in [-0.4, -0.2) is 22.0 Å². The second-order valence-electron chi connectivity index (χ2n) is 12.2. The Hall–Kier alpha value is -2.64. The molecule has 7 heteroatoms. The van der Waals surface area contributed by atoms with Crippen LogP contribution < -0.4 is 9.77 Å². The van der Waals surface area contributed by atoms with E-state index in [1.165, 1.54) is 27.4 Å². The van der Waals surface area contributed by atoms with Gasteiger partial charge in [-0.05, 0) is 59.8 Å². The maximum Gasteiger partial charge on any atom is 0.305 e.